The van der Waals surface area contributed by atoms with Crippen molar-refractivity contribution in [2.75, 3.05) is 6.61 Å². The number of aromatic amines is 1. The SMILES string of the molecule is CCOC1(c2nc(C)c(Br)c(=O)[nH]2)CCC(C)(C)CC1. The smallest absolute Gasteiger partial charge is 0.265 e. The van der Waals surface area contributed by atoms with Crippen LogP contribution in [0.5, 0.6) is 0 Å². The van der Waals surface area contributed by atoms with Crippen LogP contribution in [0.3, 0.4) is 0 Å². The molecule has 1 aromatic heterocycles. The lowest BCUT2D eigenvalue weighted by Gasteiger charge is -2.42. The lowest BCUT2D eigenvalue weighted by atomic mass is 9.70. The molecule has 0 aliphatic heterocycles. The summed E-state index contributed by atoms with van der Waals surface area (Å²) in [4.78, 5) is 19.4. The molecule has 0 radical (unpaired) electrons. The summed E-state index contributed by atoms with van der Waals surface area (Å²) in [5.74, 6) is 0.681. The molecule has 1 N–H and O–H groups in total. The zero-order valence-electron chi connectivity index (χ0n) is 12.7. The van der Waals surface area contributed by atoms with Crippen LogP contribution in [-0.4, -0.2) is 16.6 Å². The van der Waals surface area contributed by atoms with Gasteiger partial charge in [-0.1, -0.05) is 13.8 Å². The van der Waals surface area contributed by atoms with Crippen molar-refractivity contribution < 1.29 is 4.74 Å². The fourth-order valence-electron chi connectivity index (χ4n) is 2.84. The summed E-state index contributed by atoms with van der Waals surface area (Å²) in [5.41, 5.74) is 0.490. The second-order valence-electron chi connectivity index (χ2n) is 6.41. The van der Waals surface area contributed by atoms with Gasteiger partial charge in [0.1, 0.15) is 15.9 Å². The van der Waals surface area contributed by atoms with Gasteiger partial charge in [-0.25, -0.2) is 4.98 Å². The van der Waals surface area contributed by atoms with Crippen LogP contribution >= 0.6 is 15.9 Å². The Kier molecular flexibility index (Phi) is 4.40. The van der Waals surface area contributed by atoms with Gasteiger partial charge in [-0.2, -0.15) is 0 Å². The molecule has 20 heavy (non-hydrogen) atoms. The Hall–Kier alpha value is -0.680. The second-order valence-corrected chi connectivity index (χ2v) is 7.20. The fourth-order valence-corrected chi connectivity index (χ4v) is 3.03. The summed E-state index contributed by atoms with van der Waals surface area (Å²) in [6.45, 7) is 9.03. The van der Waals surface area contributed by atoms with Crippen LogP contribution in [-0.2, 0) is 10.3 Å². The lowest BCUT2D eigenvalue weighted by molar-refractivity contribution is -0.0950. The molecule has 0 atom stereocenters. The first-order valence-electron chi connectivity index (χ1n) is 7.20. The third kappa shape index (κ3) is 2.98. The summed E-state index contributed by atoms with van der Waals surface area (Å²) in [7, 11) is 0. The van der Waals surface area contributed by atoms with E-state index in [4.69, 9.17) is 4.74 Å². The number of H-pyrrole nitrogens is 1. The van der Waals surface area contributed by atoms with E-state index in [1.54, 1.807) is 0 Å². The molecule has 1 saturated carbocycles. The minimum atomic E-state index is -0.436. The normalized spacial score (nSPS) is 20.9. The quantitative estimate of drug-likeness (QED) is 0.911. The van der Waals surface area contributed by atoms with E-state index in [2.05, 4.69) is 39.7 Å². The van der Waals surface area contributed by atoms with Crippen molar-refractivity contribution in [3.63, 3.8) is 0 Å². The minimum Gasteiger partial charge on any atom is -0.367 e. The van der Waals surface area contributed by atoms with Gasteiger partial charge >= 0.3 is 0 Å². The standard InChI is InChI=1S/C15H23BrN2O2/c1-5-20-15(8-6-14(3,4)7-9-15)13-17-10(2)11(16)12(19)18-13/h5-9H2,1-4H3,(H,17,18,19). The highest BCUT2D eigenvalue weighted by atomic mass is 79.9. The average Bonchev–Trinajstić information content (AvgIpc) is 2.38. The molecule has 0 bridgehead atoms. The number of ether oxygens (including phenoxy) is 1. The van der Waals surface area contributed by atoms with Gasteiger partial charge < -0.3 is 9.72 Å². The van der Waals surface area contributed by atoms with Crippen molar-refractivity contribution >= 4 is 15.9 Å². The van der Waals surface area contributed by atoms with Gasteiger partial charge in [0, 0.05) is 6.61 Å². The maximum Gasteiger partial charge on any atom is 0.265 e. The van der Waals surface area contributed by atoms with Crippen LogP contribution in [0.2, 0.25) is 0 Å². The predicted octanol–water partition coefficient (Wildman–Crippen LogP) is 3.67. The number of aromatic nitrogens is 2. The molecule has 0 amide bonds. The molecular weight excluding hydrogens is 320 g/mol. The van der Waals surface area contributed by atoms with Crippen LogP contribution < -0.4 is 5.56 Å². The molecule has 1 heterocycles. The summed E-state index contributed by atoms with van der Waals surface area (Å²) in [6, 6.07) is 0. The highest BCUT2D eigenvalue weighted by Crippen LogP contribution is 2.46. The molecular formula is C15H23BrN2O2. The van der Waals surface area contributed by atoms with Gasteiger partial charge in [0.25, 0.3) is 5.56 Å². The van der Waals surface area contributed by atoms with E-state index < -0.39 is 5.60 Å². The van der Waals surface area contributed by atoms with Crippen LogP contribution in [0.1, 0.15) is 58.0 Å². The van der Waals surface area contributed by atoms with Crippen LogP contribution in [0, 0.1) is 12.3 Å². The first-order valence-corrected chi connectivity index (χ1v) is 8.00. The first kappa shape index (κ1) is 15.7. The molecule has 112 valence electrons. The summed E-state index contributed by atoms with van der Waals surface area (Å²) < 4.78 is 6.56. The Morgan fingerprint density at radius 2 is 1.90 bits per heavy atom. The summed E-state index contributed by atoms with van der Waals surface area (Å²) in [5, 5.41) is 0. The molecule has 5 heteroatoms. The van der Waals surface area contributed by atoms with Crippen LogP contribution in [0.15, 0.2) is 9.27 Å². The monoisotopic (exact) mass is 342 g/mol. The van der Waals surface area contributed by atoms with Gasteiger partial charge in [-0.05, 0) is 60.9 Å². The van der Waals surface area contributed by atoms with Crippen molar-refractivity contribution in [2.45, 2.75) is 59.0 Å². The Morgan fingerprint density at radius 1 is 1.30 bits per heavy atom. The van der Waals surface area contributed by atoms with Crippen molar-refractivity contribution in [3.8, 4) is 0 Å². The number of hydrogen-bond donors (Lipinski definition) is 1. The number of rotatable bonds is 3. The minimum absolute atomic E-state index is 0.128. The van der Waals surface area contributed by atoms with E-state index in [0.717, 1.165) is 25.7 Å². The number of hydrogen-bond acceptors (Lipinski definition) is 3. The molecule has 1 fully saturated rings. The van der Waals surface area contributed by atoms with E-state index in [0.29, 0.717) is 28.0 Å². The molecule has 1 aromatic rings. The van der Waals surface area contributed by atoms with E-state index in [-0.39, 0.29) is 5.56 Å². The van der Waals surface area contributed by atoms with E-state index >= 15 is 0 Å². The fraction of sp³-hybridized carbons (Fsp3) is 0.733. The average molecular weight is 343 g/mol. The van der Waals surface area contributed by atoms with E-state index in [1.165, 1.54) is 0 Å². The maximum atomic E-state index is 12.0. The largest absolute Gasteiger partial charge is 0.367 e. The third-order valence-corrected chi connectivity index (χ3v) is 5.23. The summed E-state index contributed by atoms with van der Waals surface area (Å²) in [6.07, 6.45) is 3.95. The first-order chi connectivity index (χ1) is 9.30. The second kappa shape index (κ2) is 5.60. The van der Waals surface area contributed by atoms with Crippen LogP contribution in [0.4, 0.5) is 0 Å². The summed E-state index contributed by atoms with van der Waals surface area (Å²) >= 11 is 3.26. The lowest BCUT2D eigenvalue weighted by Crippen LogP contribution is -2.40. The number of aryl methyl sites for hydroxylation is 1. The van der Waals surface area contributed by atoms with Gasteiger partial charge in [0.15, 0.2) is 0 Å². The van der Waals surface area contributed by atoms with Gasteiger partial charge in [-0.3, -0.25) is 4.79 Å². The third-order valence-electron chi connectivity index (χ3n) is 4.29. The number of nitrogens with one attached hydrogen (secondary N) is 1. The highest BCUT2D eigenvalue weighted by Gasteiger charge is 2.42. The maximum absolute atomic E-state index is 12.0. The molecule has 1 aliphatic carbocycles. The Bertz CT molecular complexity index is 541. The van der Waals surface area contributed by atoms with Crippen molar-refractivity contribution in [2.24, 2.45) is 5.41 Å². The van der Waals surface area contributed by atoms with Gasteiger partial charge in [0.2, 0.25) is 0 Å². The molecule has 2 rings (SSSR count). The molecule has 0 spiro atoms. The van der Waals surface area contributed by atoms with Gasteiger partial charge in [0.05, 0.1) is 5.69 Å². The Morgan fingerprint density at radius 3 is 2.40 bits per heavy atom. The van der Waals surface area contributed by atoms with Gasteiger partial charge in [-0.15, -0.1) is 0 Å². The van der Waals surface area contributed by atoms with E-state index in [9.17, 15) is 4.79 Å². The molecule has 0 saturated heterocycles. The van der Waals surface area contributed by atoms with Crippen molar-refractivity contribution in [1.29, 1.82) is 0 Å². The zero-order valence-corrected chi connectivity index (χ0v) is 14.3. The predicted molar refractivity (Wildman–Crippen MR) is 82.8 cm³/mol. The topological polar surface area (TPSA) is 55.0 Å². The van der Waals surface area contributed by atoms with E-state index in [1.807, 2.05) is 13.8 Å². The molecule has 0 unspecified atom stereocenters. The van der Waals surface area contributed by atoms with Crippen LogP contribution in [0.25, 0.3) is 0 Å². The van der Waals surface area contributed by atoms with Crippen molar-refractivity contribution in [3.05, 3.63) is 26.3 Å². The molecule has 4 nitrogen and oxygen atoms in total. The Labute approximate surface area is 128 Å². The number of nitrogens with zero attached hydrogens (tertiary/aromatic N) is 1. The molecule has 0 aromatic carbocycles. The Balaban J connectivity index is 2.42. The zero-order chi connectivity index (χ0) is 15.0. The molecule has 1 aliphatic rings. The number of halogens is 1. The van der Waals surface area contributed by atoms with Crippen molar-refractivity contribution in [1.82, 2.24) is 9.97 Å². The highest BCUT2D eigenvalue weighted by molar-refractivity contribution is 9.10.